The van der Waals surface area contributed by atoms with Gasteiger partial charge >= 0.3 is 0 Å². The minimum absolute atomic E-state index is 0.0667. The van der Waals surface area contributed by atoms with Gasteiger partial charge in [0.15, 0.2) is 10.6 Å². The van der Waals surface area contributed by atoms with Crippen LogP contribution >= 0.6 is 11.3 Å². The molecule has 0 aliphatic carbocycles. The second-order valence-corrected chi connectivity index (χ2v) is 8.14. The molecule has 7 heteroatoms. The van der Waals surface area contributed by atoms with Gasteiger partial charge < -0.3 is 9.15 Å². The molecule has 1 aliphatic heterocycles. The van der Waals surface area contributed by atoms with Crippen molar-refractivity contribution in [3.05, 3.63) is 86.2 Å². The zero-order valence-electron chi connectivity index (χ0n) is 16.6. The molecule has 1 amide bonds. The zero-order valence-corrected chi connectivity index (χ0v) is 17.4. The maximum Gasteiger partial charge on any atom is 0.297 e. The van der Waals surface area contributed by atoms with Gasteiger partial charge in [-0.15, -0.1) is 11.3 Å². The summed E-state index contributed by atoms with van der Waals surface area (Å²) in [5.74, 6) is 0.341. The van der Waals surface area contributed by atoms with Crippen LogP contribution in [0.4, 0.5) is 5.13 Å². The van der Waals surface area contributed by atoms with Crippen molar-refractivity contribution in [2.24, 2.45) is 0 Å². The summed E-state index contributed by atoms with van der Waals surface area (Å²) < 4.78 is 11.3. The number of nitrogens with zero attached hydrogens (tertiary/aromatic N) is 2. The number of hydrogen-bond acceptors (Lipinski definition) is 6. The highest BCUT2D eigenvalue weighted by Crippen LogP contribution is 2.42. The number of methoxy groups -OCH3 is 1. The first-order valence-corrected chi connectivity index (χ1v) is 10.3. The largest absolute Gasteiger partial charge is 0.497 e. The summed E-state index contributed by atoms with van der Waals surface area (Å²) >= 11 is 1.36. The molecule has 0 unspecified atom stereocenters. The van der Waals surface area contributed by atoms with Crippen molar-refractivity contribution in [1.29, 1.82) is 0 Å². The topological polar surface area (TPSA) is 72.6 Å². The Morgan fingerprint density at radius 2 is 1.97 bits per heavy atom. The number of hydrogen-bond donors (Lipinski definition) is 0. The Balaban J connectivity index is 1.83. The average Bonchev–Trinajstić information content (AvgIpc) is 3.30. The van der Waals surface area contributed by atoms with Crippen molar-refractivity contribution in [3.8, 4) is 5.75 Å². The van der Waals surface area contributed by atoms with Crippen LogP contribution in [0.3, 0.4) is 0 Å². The molecular formula is C23H18N2O4S. The number of thiazole rings is 1. The van der Waals surface area contributed by atoms with Crippen LogP contribution in [0.25, 0.3) is 11.0 Å². The van der Waals surface area contributed by atoms with Crippen LogP contribution in [0.2, 0.25) is 0 Å². The second kappa shape index (κ2) is 6.81. The molecule has 4 aromatic rings. The van der Waals surface area contributed by atoms with E-state index in [4.69, 9.17) is 9.15 Å². The van der Waals surface area contributed by atoms with Crippen molar-refractivity contribution in [3.63, 3.8) is 0 Å². The van der Waals surface area contributed by atoms with Crippen molar-refractivity contribution in [1.82, 2.24) is 4.98 Å². The molecule has 2 aromatic heterocycles. The maximum absolute atomic E-state index is 13.6. The number of benzene rings is 2. The number of ether oxygens (including phenoxy) is 1. The standard InChI is InChI=1S/C23H18N2O4S/c1-12-7-8-17-16(9-12)20(26)18-19(14-5-4-6-15(10-14)28-3)25(22(27)21(18)29-17)23-24-13(2)11-30-23/h4-11,19H,1-3H3/t19-/m0/s1. The van der Waals surface area contributed by atoms with E-state index in [0.29, 0.717) is 27.4 Å². The van der Waals surface area contributed by atoms with Crippen LogP contribution in [-0.2, 0) is 0 Å². The monoisotopic (exact) mass is 418 g/mol. The van der Waals surface area contributed by atoms with E-state index in [9.17, 15) is 9.59 Å². The van der Waals surface area contributed by atoms with E-state index < -0.39 is 6.04 Å². The molecule has 1 aliphatic rings. The molecule has 5 rings (SSSR count). The van der Waals surface area contributed by atoms with E-state index >= 15 is 0 Å². The zero-order chi connectivity index (χ0) is 21.0. The Morgan fingerprint density at radius 3 is 2.70 bits per heavy atom. The lowest BCUT2D eigenvalue weighted by Gasteiger charge is -2.22. The van der Waals surface area contributed by atoms with Gasteiger partial charge in [-0.1, -0.05) is 23.8 Å². The molecule has 0 radical (unpaired) electrons. The molecule has 0 saturated carbocycles. The van der Waals surface area contributed by atoms with Crippen molar-refractivity contribution < 1.29 is 13.9 Å². The second-order valence-electron chi connectivity index (χ2n) is 7.30. The molecule has 30 heavy (non-hydrogen) atoms. The van der Waals surface area contributed by atoms with Gasteiger partial charge in [0.1, 0.15) is 11.3 Å². The highest BCUT2D eigenvalue weighted by molar-refractivity contribution is 7.14. The van der Waals surface area contributed by atoms with E-state index in [0.717, 1.165) is 16.8 Å². The SMILES string of the molecule is COc1cccc([C@H]2c3c(oc4ccc(C)cc4c3=O)C(=O)N2c2nc(C)cs2)c1. The van der Waals surface area contributed by atoms with E-state index in [-0.39, 0.29) is 17.1 Å². The van der Waals surface area contributed by atoms with E-state index in [1.165, 1.54) is 11.3 Å². The highest BCUT2D eigenvalue weighted by Gasteiger charge is 2.44. The Bertz CT molecular complexity index is 1370. The van der Waals surface area contributed by atoms with Crippen LogP contribution in [0, 0.1) is 13.8 Å². The van der Waals surface area contributed by atoms with Gasteiger partial charge in [-0.3, -0.25) is 14.5 Å². The van der Waals surface area contributed by atoms with Crippen LogP contribution in [0.15, 0.2) is 57.1 Å². The van der Waals surface area contributed by atoms with Crippen LogP contribution in [-0.4, -0.2) is 18.0 Å². The Kier molecular flexibility index (Phi) is 4.22. The summed E-state index contributed by atoms with van der Waals surface area (Å²) in [5, 5.41) is 2.87. The molecule has 6 nitrogen and oxygen atoms in total. The molecule has 0 saturated heterocycles. The number of anilines is 1. The maximum atomic E-state index is 13.6. The molecular weight excluding hydrogens is 400 g/mol. The number of fused-ring (bicyclic) bond motifs is 2. The predicted molar refractivity (Wildman–Crippen MR) is 116 cm³/mol. The highest BCUT2D eigenvalue weighted by atomic mass is 32.1. The Labute approximate surface area is 176 Å². The number of rotatable bonds is 3. The third-order valence-corrected chi connectivity index (χ3v) is 6.21. The molecule has 0 bridgehead atoms. The van der Waals surface area contributed by atoms with Gasteiger partial charge in [0.2, 0.25) is 5.76 Å². The average molecular weight is 418 g/mol. The number of aryl methyl sites for hydroxylation is 2. The van der Waals surface area contributed by atoms with Crippen LogP contribution in [0.1, 0.15) is 39.0 Å². The lowest BCUT2D eigenvalue weighted by Crippen LogP contribution is -2.29. The molecule has 2 aromatic carbocycles. The van der Waals surface area contributed by atoms with Crippen LogP contribution in [0.5, 0.6) is 5.75 Å². The summed E-state index contributed by atoms with van der Waals surface area (Å²) in [5.41, 5.74) is 3.05. The molecule has 0 fully saturated rings. The van der Waals surface area contributed by atoms with Crippen LogP contribution < -0.4 is 15.1 Å². The quantitative estimate of drug-likeness (QED) is 0.485. The summed E-state index contributed by atoms with van der Waals surface area (Å²) in [6, 6.07) is 12.1. The fraction of sp³-hybridized carbons (Fsp3) is 0.174. The predicted octanol–water partition coefficient (Wildman–Crippen LogP) is 4.62. The third kappa shape index (κ3) is 2.74. The van der Waals surface area contributed by atoms with Gasteiger partial charge in [0, 0.05) is 5.38 Å². The molecule has 0 spiro atoms. The molecule has 1 atom stereocenters. The van der Waals surface area contributed by atoms with Crippen molar-refractivity contribution >= 4 is 33.3 Å². The van der Waals surface area contributed by atoms with E-state index in [1.54, 1.807) is 24.1 Å². The first-order chi connectivity index (χ1) is 14.5. The summed E-state index contributed by atoms with van der Waals surface area (Å²) in [7, 11) is 1.58. The molecule has 0 N–H and O–H groups in total. The Morgan fingerprint density at radius 1 is 1.13 bits per heavy atom. The van der Waals surface area contributed by atoms with E-state index in [2.05, 4.69) is 4.98 Å². The van der Waals surface area contributed by atoms with Crippen molar-refractivity contribution in [2.45, 2.75) is 19.9 Å². The number of carbonyl (C=O) groups is 1. The van der Waals surface area contributed by atoms with Gasteiger partial charge in [0.05, 0.1) is 29.8 Å². The lowest BCUT2D eigenvalue weighted by molar-refractivity contribution is 0.0971. The first kappa shape index (κ1) is 18.6. The minimum Gasteiger partial charge on any atom is -0.497 e. The number of amides is 1. The first-order valence-electron chi connectivity index (χ1n) is 9.45. The fourth-order valence-electron chi connectivity index (χ4n) is 3.86. The Hall–Kier alpha value is -3.45. The van der Waals surface area contributed by atoms with Gasteiger partial charge in [0.25, 0.3) is 5.91 Å². The number of aromatic nitrogens is 1. The smallest absolute Gasteiger partial charge is 0.297 e. The minimum atomic E-state index is -0.644. The van der Waals surface area contributed by atoms with Gasteiger partial charge in [-0.05, 0) is 43.7 Å². The summed E-state index contributed by atoms with van der Waals surface area (Å²) in [6.07, 6.45) is 0. The fourth-order valence-corrected chi connectivity index (χ4v) is 4.69. The van der Waals surface area contributed by atoms with Gasteiger partial charge in [-0.2, -0.15) is 0 Å². The van der Waals surface area contributed by atoms with E-state index in [1.807, 2.05) is 49.6 Å². The lowest BCUT2D eigenvalue weighted by atomic mass is 9.98. The molecule has 150 valence electrons. The third-order valence-electron chi connectivity index (χ3n) is 5.25. The normalized spacial score (nSPS) is 15.6. The summed E-state index contributed by atoms with van der Waals surface area (Å²) in [6.45, 7) is 3.79. The molecule has 3 heterocycles. The summed E-state index contributed by atoms with van der Waals surface area (Å²) in [4.78, 5) is 33.0. The number of carbonyl (C=O) groups excluding carboxylic acids is 1. The van der Waals surface area contributed by atoms with Gasteiger partial charge in [-0.25, -0.2) is 4.98 Å². The van der Waals surface area contributed by atoms with Crippen molar-refractivity contribution in [2.75, 3.05) is 12.0 Å².